The van der Waals surface area contributed by atoms with Gasteiger partial charge in [0.2, 0.25) is 0 Å². The van der Waals surface area contributed by atoms with Crippen LogP contribution in [0.3, 0.4) is 0 Å². The minimum atomic E-state index is -1.75. The number of halogens is 1. The SMILES string of the molecule is CC(=O)C(C)(Cl)C(=O)O. The summed E-state index contributed by atoms with van der Waals surface area (Å²) in [5, 5.41) is 8.26. The van der Waals surface area contributed by atoms with E-state index in [0.717, 1.165) is 13.8 Å². The van der Waals surface area contributed by atoms with Crippen LogP contribution in [0.2, 0.25) is 0 Å². The summed E-state index contributed by atoms with van der Waals surface area (Å²) >= 11 is 5.26. The van der Waals surface area contributed by atoms with Gasteiger partial charge in [-0.1, -0.05) is 11.6 Å². The van der Waals surface area contributed by atoms with Crippen LogP contribution >= 0.6 is 11.6 Å². The first-order valence-corrected chi connectivity index (χ1v) is 2.70. The Morgan fingerprint density at radius 1 is 1.56 bits per heavy atom. The number of rotatable bonds is 2. The highest BCUT2D eigenvalue weighted by molar-refractivity contribution is 6.44. The molecule has 52 valence electrons. The Morgan fingerprint density at radius 3 is 1.89 bits per heavy atom. The van der Waals surface area contributed by atoms with E-state index in [-0.39, 0.29) is 0 Å². The fourth-order valence-electron chi connectivity index (χ4n) is 0.151. The van der Waals surface area contributed by atoms with Gasteiger partial charge in [-0.15, -0.1) is 0 Å². The Bertz CT molecular complexity index is 134. The highest BCUT2D eigenvalue weighted by Gasteiger charge is 2.35. The molecule has 0 aromatic carbocycles. The molecule has 3 nitrogen and oxygen atoms in total. The molecule has 1 N–H and O–H groups in total. The molecule has 9 heavy (non-hydrogen) atoms. The van der Waals surface area contributed by atoms with Crippen LogP contribution in [0, 0.1) is 0 Å². The summed E-state index contributed by atoms with van der Waals surface area (Å²) in [6, 6.07) is 0. The average molecular weight is 151 g/mol. The number of ketones is 1. The topological polar surface area (TPSA) is 54.4 Å². The van der Waals surface area contributed by atoms with Crippen molar-refractivity contribution in [3.05, 3.63) is 0 Å². The van der Waals surface area contributed by atoms with E-state index < -0.39 is 16.6 Å². The highest BCUT2D eigenvalue weighted by Crippen LogP contribution is 2.14. The lowest BCUT2D eigenvalue weighted by Gasteiger charge is -2.10. The zero-order valence-corrected chi connectivity index (χ0v) is 5.90. The molecule has 4 heteroatoms. The van der Waals surface area contributed by atoms with E-state index in [0.29, 0.717) is 0 Å². The molecule has 0 saturated carbocycles. The van der Waals surface area contributed by atoms with Gasteiger partial charge in [-0.3, -0.25) is 4.79 Å². The van der Waals surface area contributed by atoms with Gasteiger partial charge in [0.1, 0.15) is 0 Å². The van der Waals surface area contributed by atoms with E-state index in [1.807, 2.05) is 0 Å². The van der Waals surface area contributed by atoms with Gasteiger partial charge in [0.05, 0.1) is 0 Å². The van der Waals surface area contributed by atoms with Gasteiger partial charge < -0.3 is 5.11 Å². The van der Waals surface area contributed by atoms with Crippen LogP contribution in [-0.4, -0.2) is 21.7 Å². The number of carboxylic acids is 1. The summed E-state index contributed by atoms with van der Waals surface area (Å²) < 4.78 is 0. The first-order valence-electron chi connectivity index (χ1n) is 2.32. The molecule has 0 radical (unpaired) electrons. The van der Waals surface area contributed by atoms with Crippen molar-refractivity contribution in [1.29, 1.82) is 0 Å². The van der Waals surface area contributed by atoms with Gasteiger partial charge in [0.15, 0.2) is 10.7 Å². The maximum absolute atomic E-state index is 10.4. The quantitative estimate of drug-likeness (QED) is 0.465. The van der Waals surface area contributed by atoms with Crippen molar-refractivity contribution in [2.75, 3.05) is 0 Å². The molecule has 0 aliphatic rings. The van der Waals surface area contributed by atoms with Gasteiger partial charge in [-0.2, -0.15) is 0 Å². The molecule has 0 saturated heterocycles. The standard InChI is InChI=1S/C5H7ClO3/c1-3(7)5(2,6)4(8)9/h1-2H3,(H,8,9). The summed E-state index contributed by atoms with van der Waals surface area (Å²) in [6.45, 7) is 2.29. The Morgan fingerprint density at radius 2 is 1.89 bits per heavy atom. The van der Waals surface area contributed by atoms with Crippen LogP contribution in [0.15, 0.2) is 0 Å². The first-order chi connectivity index (χ1) is 3.89. The van der Waals surface area contributed by atoms with E-state index >= 15 is 0 Å². The van der Waals surface area contributed by atoms with E-state index in [4.69, 9.17) is 16.7 Å². The molecule has 0 heterocycles. The molecule has 0 aliphatic carbocycles. The second kappa shape index (κ2) is 2.35. The molecule has 1 atom stereocenters. The van der Waals surface area contributed by atoms with Crippen LogP contribution in [0.25, 0.3) is 0 Å². The van der Waals surface area contributed by atoms with Crippen molar-refractivity contribution in [3.63, 3.8) is 0 Å². The molecule has 0 aromatic rings. The second-order valence-corrected chi connectivity index (χ2v) is 2.62. The molecule has 1 unspecified atom stereocenters. The predicted octanol–water partition coefficient (Wildman–Crippen LogP) is 0.657. The number of alkyl halides is 1. The van der Waals surface area contributed by atoms with E-state index in [1.165, 1.54) is 0 Å². The Labute approximate surface area is 57.6 Å². The number of carbonyl (C=O) groups is 2. The average Bonchev–Trinajstić information content (AvgIpc) is 1.65. The van der Waals surface area contributed by atoms with E-state index in [1.54, 1.807) is 0 Å². The molecule has 0 fully saturated rings. The van der Waals surface area contributed by atoms with Gasteiger partial charge in [-0.25, -0.2) is 4.79 Å². The van der Waals surface area contributed by atoms with Crippen molar-refractivity contribution in [2.45, 2.75) is 18.7 Å². The Hall–Kier alpha value is -0.570. The lowest BCUT2D eigenvalue weighted by Crippen LogP contribution is -2.35. The van der Waals surface area contributed by atoms with Crippen LogP contribution in [-0.2, 0) is 9.59 Å². The number of aliphatic carboxylic acids is 1. The first kappa shape index (κ1) is 8.43. The fourth-order valence-corrected chi connectivity index (χ4v) is 0.151. The maximum Gasteiger partial charge on any atom is 0.332 e. The molecular weight excluding hydrogens is 144 g/mol. The van der Waals surface area contributed by atoms with Crippen LogP contribution < -0.4 is 0 Å². The van der Waals surface area contributed by atoms with Crippen molar-refractivity contribution in [1.82, 2.24) is 0 Å². The number of hydrogen-bond acceptors (Lipinski definition) is 2. The summed E-state index contributed by atoms with van der Waals surface area (Å²) in [6.07, 6.45) is 0. The third-order valence-electron chi connectivity index (χ3n) is 1.06. The fraction of sp³-hybridized carbons (Fsp3) is 0.600. The minimum Gasteiger partial charge on any atom is -0.480 e. The number of carboxylic acid groups (broad SMARTS) is 1. The minimum absolute atomic E-state index is 0.559. The van der Waals surface area contributed by atoms with Gasteiger partial charge in [0.25, 0.3) is 0 Å². The van der Waals surface area contributed by atoms with Gasteiger partial charge in [0, 0.05) is 0 Å². The molecule has 0 aromatic heterocycles. The second-order valence-electron chi connectivity index (χ2n) is 1.86. The van der Waals surface area contributed by atoms with Crippen molar-refractivity contribution in [3.8, 4) is 0 Å². The summed E-state index contributed by atoms with van der Waals surface area (Å²) in [4.78, 5) is 18.8. The Kier molecular flexibility index (Phi) is 2.20. The summed E-state index contributed by atoms with van der Waals surface area (Å²) in [7, 11) is 0. The molecule has 0 amide bonds. The van der Waals surface area contributed by atoms with Crippen LogP contribution in [0.5, 0.6) is 0 Å². The lowest BCUT2D eigenvalue weighted by molar-refractivity contribution is -0.143. The summed E-state index contributed by atoms with van der Waals surface area (Å²) in [5.41, 5.74) is 0. The zero-order valence-electron chi connectivity index (χ0n) is 5.14. The third-order valence-corrected chi connectivity index (χ3v) is 1.49. The van der Waals surface area contributed by atoms with Crippen molar-refractivity contribution < 1.29 is 14.7 Å². The van der Waals surface area contributed by atoms with Crippen molar-refractivity contribution >= 4 is 23.4 Å². The predicted molar refractivity (Wildman–Crippen MR) is 32.6 cm³/mol. The molecular formula is C5H7ClO3. The largest absolute Gasteiger partial charge is 0.480 e. The lowest BCUT2D eigenvalue weighted by atomic mass is 10.1. The highest BCUT2D eigenvalue weighted by atomic mass is 35.5. The van der Waals surface area contributed by atoms with Crippen LogP contribution in [0.1, 0.15) is 13.8 Å². The molecule has 0 bridgehead atoms. The molecule has 0 spiro atoms. The maximum atomic E-state index is 10.4. The van der Waals surface area contributed by atoms with Gasteiger partial charge >= 0.3 is 5.97 Å². The smallest absolute Gasteiger partial charge is 0.332 e. The summed E-state index contributed by atoms with van der Waals surface area (Å²) in [5.74, 6) is -1.87. The monoisotopic (exact) mass is 150 g/mol. The van der Waals surface area contributed by atoms with Crippen molar-refractivity contribution in [2.24, 2.45) is 0 Å². The van der Waals surface area contributed by atoms with E-state index in [9.17, 15) is 9.59 Å². The van der Waals surface area contributed by atoms with Crippen LogP contribution in [0.4, 0.5) is 0 Å². The zero-order chi connectivity index (χ0) is 7.65. The van der Waals surface area contributed by atoms with Gasteiger partial charge in [-0.05, 0) is 13.8 Å². The van der Waals surface area contributed by atoms with E-state index in [2.05, 4.69) is 0 Å². The Balaban J connectivity index is 4.38. The third kappa shape index (κ3) is 1.68. The number of carbonyl (C=O) groups excluding carboxylic acids is 1. The molecule has 0 aliphatic heterocycles. The molecule has 0 rings (SSSR count). The normalized spacial score (nSPS) is 16.3. The number of hydrogen-bond donors (Lipinski definition) is 1. The number of Topliss-reactive ketones (excluding diaryl/α,β-unsaturated/α-hetero) is 1.